The number of morpholine rings is 1. The first-order valence-electron chi connectivity index (χ1n) is 7.37. The van der Waals surface area contributed by atoms with Crippen molar-refractivity contribution in [1.82, 2.24) is 10.2 Å². The molecule has 4 heteroatoms. The number of hydrogen-bond acceptors (Lipinski definition) is 3. The standard InChI is InChI=1S/C16H24N2O2/c1-17-12-15-13-18(10-11-20-15)16(19)9-5-8-14-6-3-2-4-7-14/h2-4,6-7,15,17H,5,8-13H2,1H3. The number of carbonyl (C=O) groups is 1. The quantitative estimate of drug-likeness (QED) is 0.855. The minimum Gasteiger partial charge on any atom is -0.373 e. The molecule has 0 spiro atoms. The summed E-state index contributed by atoms with van der Waals surface area (Å²) in [6.45, 7) is 2.89. The van der Waals surface area contributed by atoms with E-state index >= 15 is 0 Å². The Morgan fingerprint density at radius 3 is 2.95 bits per heavy atom. The summed E-state index contributed by atoms with van der Waals surface area (Å²) in [5.74, 6) is 0.255. The first kappa shape index (κ1) is 15.0. The van der Waals surface area contributed by atoms with Crippen molar-refractivity contribution in [3.05, 3.63) is 35.9 Å². The minimum atomic E-state index is 0.131. The molecule has 1 amide bonds. The first-order chi connectivity index (χ1) is 9.79. The molecule has 1 atom stereocenters. The number of benzene rings is 1. The predicted molar refractivity (Wildman–Crippen MR) is 79.6 cm³/mol. The minimum absolute atomic E-state index is 0.131. The Balaban J connectivity index is 1.71. The molecular formula is C16H24N2O2. The molecule has 4 nitrogen and oxygen atoms in total. The van der Waals surface area contributed by atoms with E-state index in [1.807, 2.05) is 30.1 Å². The van der Waals surface area contributed by atoms with Gasteiger partial charge >= 0.3 is 0 Å². The fourth-order valence-corrected chi connectivity index (χ4v) is 2.54. The lowest BCUT2D eigenvalue weighted by molar-refractivity contribution is -0.138. The average molecular weight is 276 g/mol. The third kappa shape index (κ3) is 4.62. The third-order valence-corrected chi connectivity index (χ3v) is 3.62. The maximum atomic E-state index is 12.2. The van der Waals surface area contributed by atoms with Crippen molar-refractivity contribution in [2.75, 3.05) is 33.3 Å². The molecule has 0 aromatic heterocycles. The van der Waals surface area contributed by atoms with E-state index in [9.17, 15) is 4.79 Å². The fourth-order valence-electron chi connectivity index (χ4n) is 2.54. The Hall–Kier alpha value is -1.39. The second kappa shape index (κ2) is 8.02. The highest BCUT2D eigenvalue weighted by Gasteiger charge is 2.23. The lowest BCUT2D eigenvalue weighted by atomic mass is 10.1. The molecule has 0 saturated carbocycles. The Morgan fingerprint density at radius 2 is 2.20 bits per heavy atom. The van der Waals surface area contributed by atoms with Crippen LogP contribution >= 0.6 is 0 Å². The van der Waals surface area contributed by atoms with E-state index in [2.05, 4.69) is 17.4 Å². The number of rotatable bonds is 6. The van der Waals surface area contributed by atoms with Crippen LogP contribution in [0.1, 0.15) is 18.4 Å². The summed E-state index contributed by atoms with van der Waals surface area (Å²) in [4.78, 5) is 14.1. The number of nitrogens with zero attached hydrogens (tertiary/aromatic N) is 1. The van der Waals surface area contributed by atoms with Crippen molar-refractivity contribution in [2.24, 2.45) is 0 Å². The Morgan fingerprint density at radius 1 is 1.40 bits per heavy atom. The lowest BCUT2D eigenvalue weighted by Crippen LogP contribution is -2.48. The van der Waals surface area contributed by atoms with E-state index in [0.717, 1.165) is 25.9 Å². The highest BCUT2D eigenvalue weighted by molar-refractivity contribution is 5.76. The van der Waals surface area contributed by atoms with Gasteiger partial charge in [-0.05, 0) is 25.5 Å². The van der Waals surface area contributed by atoms with Crippen LogP contribution in [0.3, 0.4) is 0 Å². The van der Waals surface area contributed by atoms with E-state index in [0.29, 0.717) is 19.6 Å². The zero-order valence-corrected chi connectivity index (χ0v) is 12.2. The summed E-state index contributed by atoms with van der Waals surface area (Å²) in [7, 11) is 1.91. The van der Waals surface area contributed by atoms with E-state index in [1.165, 1.54) is 5.56 Å². The maximum Gasteiger partial charge on any atom is 0.222 e. The van der Waals surface area contributed by atoms with Crippen LogP contribution in [0, 0.1) is 0 Å². The van der Waals surface area contributed by atoms with Gasteiger partial charge in [-0.2, -0.15) is 0 Å². The highest BCUT2D eigenvalue weighted by atomic mass is 16.5. The van der Waals surface area contributed by atoms with Gasteiger partial charge in [0.15, 0.2) is 0 Å². The van der Waals surface area contributed by atoms with Gasteiger partial charge in [0.25, 0.3) is 0 Å². The molecule has 1 fully saturated rings. The van der Waals surface area contributed by atoms with Crippen molar-refractivity contribution < 1.29 is 9.53 Å². The van der Waals surface area contributed by atoms with Crippen molar-refractivity contribution in [2.45, 2.75) is 25.4 Å². The summed E-state index contributed by atoms with van der Waals surface area (Å²) < 4.78 is 5.62. The molecule has 1 N–H and O–H groups in total. The van der Waals surface area contributed by atoms with E-state index in [4.69, 9.17) is 4.74 Å². The predicted octanol–water partition coefficient (Wildman–Crippen LogP) is 1.46. The van der Waals surface area contributed by atoms with E-state index < -0.39 is 0 Å². The lowest BCUT2D eigenvalue weighted by Gasteiger charge is -2.33. The summed E-state index contributed by atoms with van der Waals surface area (Å²) in [5.41, 5.74) is 1.30. The summed E-state index contributed by atoms with van der Waals surface area (Å²) >= 11 is 0. The highest BCUT2D eigenvalue weighted by Crippen LogP contribution is 2.10. The molecular weight excluding hydrogens is 252 g/mol. The van der Waals surface area contributed by atoms with Crippen LogP contribution in [0.2, 0.25) is 0 Å². The van der Waals surface area contributed by atoms with Gasteiger partial charge in [-0.15, -0.1) is 0 Å². The van der Waals surface area contributed by atoms with Gasteiger partial charge in [-0.25, -0.2) is 0 Å². The molecule has 0 radical (unpaired) electrons. The average Bonchev–Trinajstić information content (AvgIpc) is 2.49. The van der Waals surface area contributed by atoms with E-state index in [-0.39, 0.29) is 12.0 Å². The molecule has 1 saturated heterocycles. The number of ether oxygens (including phenoxy) is 1. The summed E-state index contributed by atoms with van der Waals surface area (Å²) in [6, 6.07) is 10.3. The largest absolute Gasteiger partial charge is 0.373 e. The monoisotopic (exact) mass is 276 g/mol. The van der Waals surface area contributed by atoms with Crippen molar-refractivity contribution in [1.29, 1.82) is 0 Å². The van der Waals surface area contributed by atoms with Crippen LogP contribution in [0.25, 0.3) is 0 Å². The number of amides is 1. The van der Waals surface area contributed by atoms with Crippen molar-refractivity contribution >= 4 is 5.91 Å². The number of likely N-dealkylation sites (N-methyl/N-ethyl adjacent to an activating group) is 1. The number of nitrogens with one attached hydrogen (secondary N) is 1. The van der Waals surface area contributed by atoms with Crippen LogP contribution in [0.5, 0.6) is 0 Å². The Labute approximate surface area is 121 Å². The van der Waals surface area contributed by atoms with Gasteiger partial charge in [0.05, 0.1) is 12.7 Å². The zero-order chi connectivity index (χ0) is 14.2. The SMILES string of the molecule is CNCC1CN(C(=O)CCCc2ccccc2)CCO1. The maximum absolute atomic E-state index is 12.2. The second-order valence-electron chi connectivity index (χ2n) is 5.23. The van der Waals surface area contributed by atoms with Crippen LogP contribution in [0.15, 0.2) is 30.3 Å². The zero-order valence-electron chi connectivity index (χ0n) is 12.2. The topological polar surface area (TPSA) is 41.6 Å². The van der Waals surface area contributed by atoms with Gasteiger partial charge in [0.1, 0.15) is 0 Å². The van der Waals surface area contributed by atoms with Crippen LogP contribution in [-0.2, 0) is 16.0 Å². The molecule has 1 aliphatic heterocycles. The van der Waals surface area contributed by atoms with Crippen LogP contribution in [0.4, 0.5) is 0 Å². The molecule has 0 bridgehead atoms. The molecule has 1 aromatic rings. The van der Waals surface area contributed by atoms with Gasteiger partial charge in [-0.3, -0.25) is 4.79 Å². The van der Waals surface area contributed by atoms with Crippen LogP contribution < -0.4 is 5.32 Å². The number of carbonyl (C=O) groups excluding carboxylic acids is 1. The molecule has 2 rings (SSSR count). The van der Waals surface area contributed by atoms with Gasteiger partial charge in [-0.1, -0.05) is 30.3 Å². The molecule has 1 heterocycles. The molecule has 1 unspecified atom stereocenters. The molecule has 1 aromatic carbocycles. The normalized spacial score (nSPS) is 19.1. The molecule has 110 valence electrons. The third-order valence-electron chi connectivity index (χ3n) is 3.62. The Bertz CT molecular complexity index is 406. The summed E-state index contributed by atoms with van der Waals surface area (Å²) in [6.07, 6.45) is 2.64. The van der Waals surface area contributed by atoms with Gasteiger partial charge < -0.3 is 15.0 Å². The second-order valence-corrected chi connectivity index (χ2v) is 5.23. The number of aryl methyl sites for hydroxylation is 1. The number of hydrogen-bond donors (Lipinski definition) is 1. The molecule has 1 aliphatic rings. The van der Waals surface area contributed by atoms with Gasteiger partial charge in [0, 0.05) is 26.1 Å². The van der Waals surface area contributed by atoms with Crippen LogP contribution in [-0.4, -0.2) is 50.2 Å². The first-order valence-corrected chi connectivity index (χ1v) is 7.37. The molecule has 0 aliphatic carbocycles. The van der Waals surface area contributed by atoms with E-state index in [1.54, 1.807) is 0 Å². The van der Waals surface area contributed by atoms with Crippen molar-refractivity contribution in [3.8, 4) is 0 Å². The smallest absolute Gasteiger partial charge is 0.222 e. The summed E-state index contributed by atoms with van der Waals surface area (Å²) in [5, 5.41) is 3.10. The molecule has 20 heavy (non-hydrogen) atoms. The van der Waals surface area contributed by atoms with Gasteiger partial charge in [0.2, 0.25) is 5.91 Å². The Kier molecular flexibility index (Phi) is 6.02. The fraction of sp³-hybridized carbons (Fsp3) is 0.562. The van der Waals surface area contributed by atoms with Crippen molar-refractivity contribution in [3.63, 3.8) is 0 Å².